The number of aliphatic hydroxyl groups is 1. The predicted octanol–water partition coefficient (Wildman–Crippen LogP) is 1.65. The molecule has 0 atom stereocenters. The molecule has 0 saturated heterocycles. The second kappa shape index (κ2) is 10.5. The average molecular weight is 456 g/mol. The summed E-state index contributed by atoms with van der Waals surface area (Å²) in [5, 5.41) is 21.7. The second-order valence-corrected chi connectivity index (χ2v) is 7.02. The summed E-state index contributed by atoms with van der Waals surface area (Å²) < 4.78 is 16.1. The van der Waals surface area contributed by atoms with Gasteiger partial charge in [0.2, 0.25) is 0 Å². The Balaban J connectivity index is 2.03. The first kappa shape index (κ1) is 23.6. The van der Waals surface area contributed by atoms with Crippen molar-refractivity contribution in [2.45, 2.75) is 6.61 Å². The van der Waals surface area contributed by atoms with Crippen molar-refractivity contribution >= 4 is 23.5 Å². The number of ether oxygens (including phenoxy) is 3. The summed E-state index contributed by atoms with van der Waals surface area (Å²) >= 11 is 0. The first-order valence-corrected chi connectivity index (χ1v) is 10.0. The van der Waals surface area contributed by atoms with Crippen LogP contribution in [0.2, 0.25) is 0 Å². The number of rotatable bonds is 10. The number of aliphatic hydroxyl groups excluding tert-OH is 1. The molecule has 1 heterocycles. The molecule has 2 aromatic rings. The molecule has 0 unspecified atom stereocenters. The van der Waals surface area contributed by atoms with Crippen LogP contribution in [0.15, 0.2) is 53.7 Å². The molecule has 0 fully saturated rings. The molecular formula is C23H24N2O8. The SMILES string of the molecule is COC(=O)C1=C(Nc2c(C(=O)O)ccc(OCc3ccccc3)c2OC)C(=O)N(CCO)C1. The van der Waals surface area contributed by atoms with E-state index in [0.29, 0.717) is 0 Å². The molecule has 10 heteroatoms. The number of β-amino-alcohol motifs (C(OH)–C–C–N with tert-alkyl or cyclic N) is 1. The van der Waals surface area contributed by atoms with Crippen LogP contribution >= 0.6 is 0 Å². The number of carbonyl (C=O) groups excluding carboxylic acids is 2. The molecule has 174 valence electrons. The van der Waals surface area contributed by atoms with E-state index >= 15 is 0 Å². The number of methoxy groups -OCH3 is 2. The Morgan fingerprint density at radius 2 is 1.85 bits per heavy atom. The highest BCUT2D eigenvalue weighted by Gasteiger charge is 2.36. The number of hydrogen-bond donors (Lipinski definition) is 3. The van der Waals surface area contributed by atoms with Crippen molar-refractivity contribution in [2.24, 2.45) is 0 Å². The highest BCUT2D eigenvalue weighted by molar-refractivity contribution is 6.10. The van der Waals surface area contributed by atoms with Gasteiger partial charge in [0, 0.05) is 6.54 Å². The number of carboxylic acids is 1. The van der Waals surface area contributed by atoms with Gasteiger partial charge in [-0.05, 0) is 17.7 Å². The van der Waals surface area contributed by atoms with E-state index in [2.05, 4.69) is 5.32 Å². The molecule has 0 saturated carbocycles. The van der Waals surface area contributed by atoms with E-state index in [1.165, 1.54) is 31.3 Å². The van der Waals surface area contributed by atoms with Gasteiger partial charge in [0.15, 0.2) is 11.5 Å². The third-order valence-electron chi connectivity index (χ3n) is 5.00. The zero-order chi connectivity index (χ0) is 24.0. The van der Waals surface area contributed by atoms with Gasteiger partial charge in [-0.1, -0.05) is 30.3 Å². The topological polar surface area (TPSA) is 135 Å². The van der Waals surface area contributed by atoms with Gasteiger partial charge >= 0.3 is 11.9 Å². The molecule has 0 bridgehead atoms. The number of carboxylic acid groups (broad SMARTS) is 1. The van der Waals surface area contributed by atoms with Crippen LogP contribution in [-0.2, 0) is 20.9 Å². The first-order valence-electron chi connectivity index (χ1n) is 10.0. The molecule has 1 amide bonds. The van der Waals surface area contributed by atoms with Gasteiger partial charge in [0.1, 0.15) is 12.3 Å². The molecule has 2 aromatic carbocycles. The number of esters is 1. The number of amides is 1. The lowest BCUT2D eigenvalue weighted by atomic mass is 10.1. The fourth-order valence-electron chi connectivity index (χ4n) is 3.39. The van der Waals surface area contributed by atoms with Crippen LogP contribution in [0.1, 0.15) is 15.9 Å². The van der Waals surface area contributed by atoms with Crippen LogP contribution in [0, 0.1) is 0 Å². The fraction of sp³-hybridized carbons (Fsp3) is 0.261. The lowest BCUT2D eigenvalue weighted by Gasteiger charge is -2.19. The van der Waals surface area contributed by atoms with Gasteiger partial charge in [-0.3, -0.25) is 4.79 Å². The predicted molar refractivity (Wildman–Crippen MR) is 117 cm³/mol. The zero-order valence-electron chi connectivity index (χ0n) is 18.2. The Labute approximate surface area is 190 Å². The quantitative estimate of drug-likeness (QED) is 0.456. The maximum absolute atomic E-state index is 12.9. The number of nitrogens with zero attached hydrogens (tertiary/aromatic N) is 1. The van der Waals surface area contributed by atoms with Crippen molar-refractivity contribution in [2.75, 3.05) is 39.2 Å². The lowest BCUT2D eigenvalue weighted by molar-refractivity contribution is -0.136. The van der Waals surface area contributed by atoms with Gasteiger partial charge in [0.05, 0.1) is 44.2 Å². The molecule has 3 rings (SSSR count). The minimum atomic E-state index is -1.27. The smallest absolute Gasteiger partial charge is 0.337 e. The minimum Gasteiger partial charge on any atom is -0.491 e. The van der Waals surface area contributed by atoms with Gasteiger partial charge in [-0.15, -0.1) is 0 Å². The van der Waals surface area contributed by atoms with Crippen LogP contribution in [0.25, 0.3) is 0 Å². The first-order chi connectivity index (χ1) is 15.9. The second-order valence-electron chi connectivity index (χ2n) is 7.02. The molecule has 0 radical (unpaired) electrons. The molecular weight excluding hydrogens is 432 g/mol. The maximum Gasteiger partial charge on any atom is 0.337 e. The molecule has 1 aliphatic heterocycles. The average Bonchev–Trinajstić information content (AvgIpc) is 3.13. The summed E-state index contributed by atoms with van der Waals surface area (Å²) in [6.07, 6.45) is 0. The molecule has 10 nitrogen and oxygen atoms in total. The Hall–Kier alpha value is -4.05. The Bertz CT molecular complexity index is 1080. The van der Waals surface area contributed by atoms with E-state index in [0.717, 1.165) is 5.56 Å². The van der Waals surface area contributed by atoms with E-state index < -0.39 is 17.8 Å². The van der Waals surface area contributed by atoms with E-state index in [9.17, 15) is 24.6 Å². The Morgan fingerprint density at radius 1 is 1.12 bits per heavy atom. The summed E-state index contributed by atoms with van der Waals surface area (Å²) in [6.45, 7) is -0.209. The van der Waals surface area contributed by atoms with Crippen molar-refractivity contribution in [3.8, 4) is 11.5 Å². The zero-order valence-corrected chi connectivity index (χ0v) is 18.2. The highest BCUT2D eigenvalue weighted by Crippen LogP contribution is 2.40. The number of benzene rings is 2. The molecule has 0 aliphatic carbocycles. The minimum absolute atomic E-state index is 0.00458. The number of carbonyl (C=O) groups is 3. The van der Waals surface area contributed by atoms with Crippen LogP contribution < -0.4 is 14.8 Å². The van der Waals surface area contributed by atoms with E-state index in [1.807, 2.05) is 30.3 Å². The van der Waals surface area contributed by atoms with Crippen molar-refractivity contribution in [1.29, 1.82) is 0 Å². The lowest BCUT2D eigenvalue weighted by Crippen LogP contribution is -2.31. The molecule has 33 heavy (non-hydrogen) atoms. The maximum atomic E-state index is 12.9. The van der Waals surface area contributed by atoms with Gasteiger partial charge in [0.25, 0.3) is 5.91 Å². The molecule has 1 aliphatic rings. The number of anilines is 1. The standard InChI is InChI=1S/C23H24N2O8/c1-31-20-17(33-13-14-6-4-3-5-7-14)9-8-15(22(28)29)18(20)24-19-16(23(30)32-2)12-25(10-11-26)21(19)27/h3-9,24,26H,10-13H2,1-2H3,(H,28,29). The Kier molecular flexibility index (Phi) is 7.52. The van der Waals surface area contributed by atoms with E-state index in [-0.39, 0.29) is 60.3 Å². The molecule has 0 aromatic heterocycles. The fourth-order valence-corrected chi connectivity index (χ4v) is 3.39. The molecule has 3 N–H and O–H groups in total. The van der Waals surface area contributed by atoms with Gasteiger partial charge < -0.3 is 34.6 Å². The van der Waals surface area contributed by atoms with Crippen LogP contribution in [0.5, 0.6) is 11.5 Å². The summed E-state index contributed by atoms with van der Waals surface area (Å²) in [5.41, 5.74) is 0.495. The van der Waals surface area contributed by atoms with Crippen molar-refractivity contribution in [3.05, 3.63) is 64.9 Å². The summed E-state index contributed by atoms with van der Waals surface area (Å²) in [5.74, 6) is -2.32. The summed E-state index contributed by atoms with van der Waals surface area (Å²) in [6, 6.07) is 12.1. The van der Waals surface area contributed by atoms with Crippen LogP contribution in [-0.4, -0.2) is 66.9 Å². The number of hydrogen-bond acceptors (Lipinski definition) is 8. The Morgan fingerprint density at radius 3 is 2.45 bits per heavy atom. The third-order valence-corrected chi connectivity index (χ3v) is 5.00. The number of aromatic carboxylic acids is 1. The normalized spacial score (nSPS) is 13.2. The van der Waals surface area contributed by atoms with Gasteiger partial charge in [-0.25, -0.2) is 9.59 Å². The number of nitrogens with one attached hydrogen (secondary N) is 1. The largest absolute Gasteiger partial charge is 0.491 e. The van der Waals surface area contributed by atoms with Crippen molar-refractivity contribution in [1.82, 2.24) is 4.90 Å². The third kappa shape index (κ3) is 5.07. The monoisotopic (exact) mass is 456 g/mol. The van der Waals surface area contributed by atoms with Crippen LogP contribution in [0.4, 0.5) is 5.69 Å². The highest BCUT2D eigenvalue weighted by atomic mass is 16.5. The van der Waals surface area contributed by atoms with Crippen molar-refractivity contribution < 1.29 is 38.8 Å². The van der Waals surface area contributed by atoms with Crippen LogP contribution in [0.3, 0.4) is 0 Å². The van der Waals surface area contributed by atoms with Crippen molar-refractivity contribution in [3.63, 3.8) is 0 Å². The molecule has 0 spiro atoms. The van der Waals surface area contributed by atoms with E-state index in [1.54, 1.807) is 0 Å². The summed E-state index contributed by atoms with van der Waals surface area (Å²) in [4.78, 5) is 38.3. The summed E-state index contributed by atoms with van der Waals surface area (Å²) in [7, 11) is 2.51. The van der Waals surface area contributed by atoms with Gasteiger partial charge in [-0.2, -0.15) is 0 Å². The van der Waals surface area contributed by atoms with E-state index in [4.69, 9.17) is 14.2 Å².